The first-order valence-electron chi connectivity index (χ1n) is 9.63. The Morgan fingerprint density at radius 1 is 1.12 bits per heavy atom. The molecule has 32 heavy (non-hydrogen) atoms. The van der Waals surface area contributed by atoms with E-state index in [1.807, 2.05) is 0 Å². The van der Waals surface area contributed by atoms with Crippen molar-refractivity contribution in [1.82, 2.24) is 9.88 Å². The summed E-state index contributed by atoms with van der Waals surface area (Å²) in [6.45, 7) is -0.686. The first-order chi connectivity index (χ1) is 15.4. The Hall–Kier alpha value is -4.41. The number of amides is 3. The molecule has 0 aliphatic carbocycles. The van der Waals surface area contributed by atoms with E-state index in [1.165, 1.54) is 4.57 Å². The molecule has 1 aliphatic heterocycles. The molecule has 0 radical (unpaired) electrons. The SMILES string of the molecule is NC(=O)Cn1c(O)c(N=NC(=O)CNC(=O)[C@@H]2COc3ccccc3O2)c2ccccc21. The van der Waals surface area contributed by atoms with Gasteiger partial charge in [-0.1, -0.05) is 30.3 Å². The number of carbonyl (C=O) groups is 3. The number of aromatic nitrogens is 1. The van der Waals surface area contributed by atoms with Crippen LogP contribution in [0.5, 0.6) is 17.4 Å². The largest absolute Gasteiger partial charge is 0.493 e. The number of aromatic hydroxyl groups is 1. The number of carbonyl (C=O) groups excluding carboxylic acids is 3. The van der Waals surface area contributed by atoms with E-state index < -0.39 is 30.4 Å². The van der Waals surface area contributed by atoms with Gasteiger partial charge in [-0.25, -0.2) is 0 Å². The molecule has 1 aromatic heterocycles. The normalized spacial score (nSPS) is 15.1. The number of rotatable bonds is 6. The van der Waals surface area contributed by atoms with Gasteiger partial charge >= 0.3 is 0 Å². The van der Waals surface area contributed by atoms with Crippen molar-refractivity contribution in [3.63, 3.8) is 0 Å². The van der Waals surface area contributed by atoms with E-state index in [2.05, 4.69) is 15.5 Å². The molecule has 2 aromatic carbocycles. The quantitative estimate of drug-likeness (QED) is 0.495. The summed E-state index contributed by atoms with van der Waals surface area (Å²) in [5.74, 6) is -1.31. The lowest BCUT2D eigenvalue weighted by atomic mass is 10.2. The lowest BCUT2D eigenvalue weighted by Gasteiger charge is -2.25. The van der Waals surface area contributed by atoms with Crippen molar-refractivity contribution in [3.05, 3.63) is 48.5 Å². The molecule has 4 rings (SSSR count). The molecule has 0 saturated heterocycles. The lowest BCUT2D eigenvalue weighted by Crippen LogP contribution is -2.45. The third-order valence-corrected chi connectivity index (χ3v) is 4.71. The van der Waals surface area contributed by atoms with E-state index in [-0.39, 0.29) is 24.7 Å². The molecule has 0 saturated carbocycles. The monoisotopic (exact) mass is 437 g/mol. The van der Waals surface area contributed by atoms with Crippen LogP contribution in [0.2, 0.25) is 0 Å². The zero-order chi connectivity index (χ0) is 22.7. The van der Waals surface area contributed by atoms with Crippen LogP contribution in [0.4, 0.5) is 5.69 Å². The summed E-state index contributed by atoms with van der Waals surface area (Å²) in [6.07, 6.45) is -0.912. The van der Waals surface area contributed by atoms with Crippen molar-refractivity contribution in [2.45, 2.75) is 12.6 Å². The van der Waals surface area contributed by atoms with Gasteiger partial charge in [0.1, 0.15) is 19.7 Å². The molecule has 2 heterocycles. The second-order valence-electron chi connectivity index (χ2n) is 6.92. The zero-order valence-corrected chi connectivity index (χ0v) is 16.7. The van der Waals surface area contributed by atoms with Crippen molar-refractivity contribution in [2.24, 2.45) is 16.0 Å². The van der Waals surface area contributed by atoms with Crippen LogP contribution in [0.25, 0.3) is 10.9 Å². The summed E-state index contributed by atoms with van der Waals surface area (Å²) in [5, 5.41) is 20.7. The zero-order valence-electron chi connectivity index (χ0n) is 16.7. The smallest absolute Gasteiger partial charge is 0.283 e. The fourth-order valence-electron chi connectivity index (χ4n) is 3.25. The molecular weight excluding hydrogens is 418 g/mol. The van der Waals surface area contributed by atoms with Crippen LogP contribution < -0.4 is 20.5 Å². The maximum atomic E-state index is 12.3. The summed E-state index contributed by atoms with van der Waals surface area (Å²) in [6, 6.07) is 13.7. The predicted molar refractivity (Wildman–Crippen MR) is 112 cm³/mol. The van der Waals surface area contributed by atoms with Crippen LogP contribution in [0, 0.1) is 0 Å². The Balaban J connectivity index is 1.41. The number of hydrogen-bond donors (Lipinski definition) is 3. The molecule has 4 N–H and O–H groups in total. The summed E-state index contributed by atoms with van der Waals surface area (Å²) in [4.78, 5) is 35.7. The van der Waals surface area contributed by atoms with Crippen molar-refractivity contribution in [3.8, 4) is 17.4 Å². The Kier molecular flexibility index (Phi) is 5.71. The third kappa shape index (κ3) is 4.21. The van der Waals surface area contributed by atoms with Crippen LogP contribution in [0.3, 0.4) is 0 Å². The first kappa shape index (κ1) is 20.8. The van der Waals surface area contributed by atoms with E-state index in [0.29, 0.717) is 22.4 Å². The average molecular weight is 437 g/mol. The highest BCUT2D eigenvalue weighted by molar-refractivity contribution is 5.96. The highest BCUT2D eigenvalue weighted by Crippen LogP contribution is 2.38. The molecule has 1 aliphatic rings. The van der Waals surface area contributed by atoms with Gasteiger partial charge in [0.05, 0.1) is 5.52 Å². The van der Waals surface area contributed by atoms with Gasteiger partial charge in [-0.2, -0.15) is 0 Å². The molecule has 11 heteroatoms. The maximum Gasteiger partial charge on any atom is 0.283 e. The third-order valence-electron chi connectivity index (χ3n) is 4.71. The summed E-state index contributed by atoms with van der Waals surface area (Å²) < 4.78 is 12.3. The van der Waals surface area contributed by atoms with Crippen molar-refractivity contribution in [1.29, 1.82) is 0 Å². The lowest BCUT2D eigenvalue weighted by molar-refractivity contribution is -0.132. The molecule has 0 bridgehead atoms. The highest BCUT2D eigenvalue weighted by atomic mass is 16.6. The van der Waals surface area contributed by atoms with Crippen LogP contribution >= 0.6 is 0 Å². The van der Waals surface area contributed by atoms with E-state index in [4.69, 9.17) is 15.2 Å². The Morgan fingerprint density at radius 3 is 2.62 bits per heavy atom. The molecule has 3 aromatic rings. The summed E-state index contributed by atoms with van der Waals surface area (Å²) >= 11 is 0. The highest BCUT2D eigenvalue weighted by Gasteiger charge is 2.27. The molecule has 3 amide bonds. The Morgan fingerprint density at radius 2 is 1.84 bits per heavy atom. The van der Waals surface area contributed by atoms with Gasteiger partial charge in [0.25, 0.3) is 11.8 Å². The minimum absolute atomic E-state index is 0.00575. The van der Waals surface area contributed by atoms with Crippen molar-refractivity contribution < 1.29 is 29.0 Å². The minimum atomic E-state index is -0.912. The van der Waals surface area contributed by atoms with Gasteiger partial charge in [0.15, 0.2) is 17.2 Å². The molecule has 1 atom stereocenters. The Labute approximate surface area is 181 Å². The number of nitrogens with two attached hydrogens (primary N) is 1. The average Bonchev–Trinajstić information content (AvgIpc) is 3.06. The molecule has 0 fully saturated rings. The van der Waals surface area contributed by atoms with Gasteiger partial charge in [-0.05, 0) is 18.2 Å². The molecule has 11 nitrogen and oxygen atoms in total. The summed E-state index contributed by atoms with van der Waals surface area (Å²) in [7, 11) is 0. The van der Waals surface area contributed by atoms with E-state index in [0.717, 1.165) is 0 Å². The number of azo groups is 1. The number of ether oxygens (including phenoxy) is 2. The van der Waals surface area contributed by atoms with Gasteiger partial charge in [0, 0.05) is 5.39 Å². The van der Waals surface area contributed by atoms with Crippen LogP contribution in [-0.4, -0.2) is 46.7 Å². The second kappa shape index (κ2) is 8.76. The standard InChI is InChI=1S/C21H19N5O6/c22-17(27)10-26-13-6-2-1-5-12(13)19(21(26)30)25-24-18(28)9-23-20(29)16-11-31-14-7-3-4-8-15(14)32-16/h1-8,16,30H,9-11H2,(H2,22,27)(H,23,29)/t16-/m0/s1. The number of nitrogens with zero attached hydrogens (tertiary/aromatic N) is 3. The fourth-order valence-corrected chi connectivity index (χ4v) is 3.25. The van der Waals surface area contributed by atoms with Crippen LogP contribution in [-0.2, 0) is 20.9 Å². The molecule has 0 unspecified atom stereocenters. The van der Waals surface area contributed by atoms with Gasteiger partial charge in [0.2, 0.25) is 17.9 Å². The predicted octanol–water partition coefficient (Wildman–Crippen LogP) is 1.40. The Bertz CT molecular complexity index is 1230. The van der Waals surface area contributed by atoms with E-state index >= 15 is 0 Å². The van der Waals surface area contributed by atoms with Crippen molar-refractivity contribution in [2.75, 3.05) is 13.2 Å². The van der Waals surface area contributed by atoms with E-state index in [1.54, 1.807) is 48.5 Å². The molecular formula is C21H19N5O6. The maximum absolute atomic E-state index is 12.3. The number of fused-ring (bicyclic) bond motifs is 2. The number of benzene rings is 2. The molecule has 164 valence electrons. The second-order valence-corrected chi connectivity index (χ2v) is 6.92. The van der Waals surface area contributed by atoms with Gasteiger partial charge in [-0.15, -0.1) is 10.2 Å². The van der Waals surface area contributed by atoms with Crippen LogP contribution in [0.1, 0.15) is 0 Å². The minimum Gasteiger partial charge on any atom is -0.493 e. The number of para-hydroxylation sites is 3. The molecule has 0 spiro atoms. The van der Waals surface area contributed by atoms with Crippen molar-refractivity contribution >= 4 is 34.3 Å². The van der Waals surface area contributed by atoms with Gasteiger partial charge < -0.3 is 30.2 Å². The first-order valence-corrected chi connectivity index (χ1v) is 9.63. The number of hydrogen-bond acceptors (Lipinski definition) is 7. The summed E-state index contributed by atoms with van der Waals surface area (Å²) in [5.41, 5.74) is 5.76. The van der Waals surface area contributed by atoms with Crippen LogP contribution in [0.15, 0.2) is 58.8 Å². The topological polar surface area (TPSA) is 158 Å². The number of nitrogens with one attached hydrogen (secondary N) is 1. The van der Waals surface area contributed by atoms with E-state index in [9.17, 15) is 19.5 Å². The fraction of sp³-hybridized carbons (Fsp3) is 0.190. The van der Waals surface area contributed by atoms with Gasteiger partial charge in [-0.3, -0.25) is 14.4 Å². The number of primary amides is 1.